The van der Waals surface area contributed by atoms with Crippen molar-refractivity contribution in [2.24, 2.45) is 0 Å². The molecule has 0 radical (unpaired) electrons. The Morgan fingerprint density at radius 1 is 1.41 bits per heavy atom. The Labute approximate surface area is 108 Å². The maximum Gasteiger partial charge on any atom is 0.332 e. The molecular formula is C12H14BrNO3. The molecule has 92 valence electrons. The zero-order valence-corrected chi connectivity index (χ0v) is 10.8. The summed E-state index contributed by atoms with van der Waals surface area (Å²) >= 11 is 3.37. The van der Waals surface area contributed by atoms with Crippen LogP contribution >= 0.6 is 15.9 Å². The molecule has 4 nitrogen and oxygen atoms in total. The molecule has 0 bridgehead atoms. The Kier molecular flexibility index (Phi) is 4.02. The van der Waals surface area contributed by atoms with E-state index in [1.807, 2.05) is 24.3 Å². The van der Waals surface area contributed by atoms with Gasteiger partial charge in [-0.15, -0.1) is 0 Å². The van der Waals surface area contributed by atoms with E-state index in [0.717, 1.165) is 16.6 Å². The van der Waals surface area contributed by atoms with E-state index in [4.69, 9.17) is 9.84 Å². The number of hydrogen-bond donors (Lipinski definition) is 2. The first-order chi connectivity index (χ1) is 8.15. The van der Waals surface area contributed by atoms with E-state index in [1.54, 1.807) is 0 Å². The van der Waals surface area contributed by atoms with Crippen LogP contribution in [-0.4, -0.2) is 29.8 Å². The van der Waals surface area contributed by atoms with Crippen molar-refractivity contribution in [3.8, 4) is 0 Å². The lowest BCUT2D eigenvalue weighted by Gasteiger charge is -2.13. The molecule has 2 unspecified atom stereocenters. The van der Waals surface area contributed by atoms with Gasteiger partial charge in [0.15, 0.2) is 6.10 Å². The predicted octanol–water partition coefficient (Wildman–Crippen LogP) is 2.49. The number of carboxylic acid groups (broad SMARTS) is 1. The van der Waals surface area contributed by atoms with E-state index >= 15 is 0 Å². The first-order valence-electron chi connectivity index (χ1n) is 5.53. The SMILES string of the molecule is O=C(O)C1CCC(CNc2ccc(Br)cc2)O1. The van der Waals surface area contributed by atoms with E-state index in [-0.39, 0.29) is 6.10 Å². The first kappa shape index (κ1) is 12.4. The Balaban J connectivity index is 1.80. The smallest absolute Gasteiger partial charge is 0.332 e. The van der Waals surface area contributed by atoms with Gasteiger partial charge in [-0.3, -0.25) is 0 Å². The van der Waals surface area contributed by atoms with Crippen LogP contribution in [0.3, 0.4) is 0 Å². The van der Waals surface area contributed by atoms with Gasteiger partial charge in [0.05, 0.1) is 6.10 Å². The van der Waals surface area contributed by atoms with Crippen LogP contribution in [0.2, 0.25) is 0 Å². The summed E-state index contributed by atoms with van der Waals surface area (Å²) in [5.41, 5.74) is 1.01. The molecular weight excluding hydrogens is 286 g/mol. The average molecular weight is 300 g/mol. The molecule has 1 aliphatic heterocycles. The van der Waals surface area contributed by atoms with E-state index in [2.05, 4.69) is 21.2 Å². The van der Waals surface area contributed by atoms with Crippen molar-refractivity contribution >= 4 is 27.6 Å². The normalized spacial score (nSPS) is 23.6. The van der Waals surface area contributed by atoms with Gasteiger partial charge in [0.1, 0.15) is 0 Å². The Hall–Kier alpha value is -1.07. The fourth-order valence-electron chi connectivity index (χ4n) is 1.84. The number of hydrogen-bond acceptors (Lipinski definition) is 3. The van der Waals surface area contributed by atoms with Crippen molar-refractivity contribution in [2.75, 3.05) is 11.9 Å². The maximum absolute atomic E-state index is 10.7. The third-order valence-electron chi connectivity index (χ3n) is 2.76. The van der Waals surface area contributed by atoms with Gasteiger partial charge in [-0.1, -0.05) is 15.9 Å². The summed E-state index contributed by atoms with van der Waals surface area (Å²) in [5.74, 6) is -0.865. The quantitative estimate of drug-likeness (QED) is 0.897. The third-order valence-corrected chi connectivity index (χ3v) is 3.29. The molecule has 2 rings (SSSR count). The number of nitrogens with one attached hydrogen (secondary N) is 1. The van der Waals surface area contributed by atoms with Crippen LogP contribution in [0.1, 0.15) is 12.8 Å². The zero-order chi connectivity index (χ0) is 12.3. The van der Waals surface area contributed by atoms with Crippen molar-refractivity contribution in [3.05, 3.63) is 28.7 Å². The van der Waals surface area contributed by atoms with Crippen LogP contribution in [0.25, 0.3) is 0 Å². The lowest BCUT2D eigenvalue weighted by molar-refractivity contribution is -0.149. The van der Waals surface area contributed by atoms with Crippen LogP contribution in [0, 0.1) is 0 Å². The minimum Gasteiger partial charge on any atom is -0.479 e. The van der Waals surface area contributed by atoms with Gasteiger partial charge in [0.25, 0.3) is 0 Å². The first-order valence-corrected chi connectivity index (χ1v) is 6.32. The standard InChI is InChI=1S/C12H14BrNO3/c13-8-1-3-9(4-2-8)14-7-10-5-6-11(17-10)12(15)16/h1-4,10-11,14H,5-7H2,(H,15,16). The molecule has 17 heavy (non-hydrogen) atoms. The van der Waals surface area contributed by atoms with Crippen molar-refractivity contribution in [1.29, 1.82) is 0 Å². The van der Waals surface area contributed by atoms with Crippen LogP contribution in [0.15, 0.2) is 28.7 Å². The van der Waals surface area contributed by atoms with E-state index in [9.17, 15) is 4.79 Å². The molecule has 0 amide bonds. The topological polar surface area (TPSA) is 58.6 Å². The summed E-state index contributed by atoms with van der Waals surface area (Å²) in [4.78, 5) is 10.7. The maximum atomic E-state index is 10.7. The molecule has 0 spiro atoms. The Morgan fingerprint density at radius 2 is 2.12 bits per heavy atom. The molecule has 0 saturated carbocycles. The summed E-state index contributed by atoms with van der Waals surface area (Å²) in [6, 6.07) is 7.84. The van der Waals surface area contributed by atoms with Gasteiger partial charge in [0.2, 0.25) is 0 Å². The van der Waals surface area contributed by atoms with Crippen molar-refractivity contribution in [3.63, 3.8) is 0 Å². The zero-order valence-electron chi connectivity index (χ0n) is 9.23. The van der Waals surface area contributed by atoms with E-state index in [0.29, 0.717) is 13.0 Å². The summed E-state index contributed by atoms with van der Waals surface area (Å²) in [6.07, 6.45) is 0.745. The minimum absolute atomic E-state index is 0.0141. The molecule has 1 fully saturated rings. The number of halogens is 1. The van der Waals surface area contributed by atoms with Crippen molar-refractivity contribution in [2.45, 2.75) is 25.0 Å². The van der Waals surface area contributed by atoms with Crippen LogP contribution in [0.5, 0.6) is 0 Å². The lowest BCUT2D eigenvalue weighted by Crippen LogP contribution is -2.24. The lowest BCUT2D eigenvalue weighted by atomic mass is 10.2. The second-order valence-electron chi connectivity index (χ2n) is 4.05. The molecule has 2 N–H and O–H groups in total. The van der Waals surface area contributed by atoms with Gasteiger partial charge >= 0.3 is 5.97 Å². The van der Waals surface area contributed by atoms with E-state index < -0.39 is 12.1 Å². The number of anilines is 1. The average Bonchev–Trinajstić information content (AvgIpc) is 2.77. The molecule has 1 heterocycles. The van der Waals surface area contributed by atoms with Gasteiger partial charge < -0.3 is 15.2 Å². The predicted molar refractivity (Wildman–Crippen MR) is 68.2 cm³/mol. The third kappa shape index (κ3) is 3.44. The number of ether oxygens (including phenoxy) is 1. The van der Waals surface area contributed by atoms with Crippen LogP contribution in [0.4, 0.5) is 5.69 Å². The Bertz CT molecular complexity index is 393. The minimum atomic E-state index is -0.865. The summed E-state index contributed by atoms with van der Waals surface area (Å²) in [5, 5.41) is 12.0. The summed E-state index contributed by atoms with van der Waals surface area (Å²) in [6.45, 7) is 0.644. The highest BCUT2D eigenvalue weighted by molar-refractivity contribution is 9.10. The number of carboxylic acids is 1. The molecule has 1 saturated heterocycles. The van der Waals surface area contributed by atoms with Crippen molar-refractivity contribution < 1.29 is 14.6 Å². The molecule has 1 aromatic rings. The van der Waals surface area contributed by atoms with Crippen LogP contribution < -0.4 is 5.32 Å². The number of benzene rings is 1. The molecule has 0 aromatic heterocycles. The van der Waals surface area contributed by atoms with Gasteiger partial charge in [0, 0.05) is 16.7 Å². The number of carbonyl (C=O) groups is 1. The monoisotopic (exact) mass is 299 g/mol. The summed E-state index contributed by atoms with van der Waals surface area (Å²) in [7, 11) is 0. The highest BCUT2D eigenvalue weighted by Gasteiger charge is 2.29. The van der Waals surface area contributed by atoms with E-state index in [1.165, 1.54) is 0 Å². The number of rotatable bonds is 4. The molecule has 0 aliphatic carbocycles. The fourth-order valence-corrected chi connectivity index (χ4v) is 2.10. The van der Waals surface area contributed by atoms with Gasteiger partial charge in [-0.05, 0) is 37.1 Å². The highest BCUT2D eigenvalue weighted by Crippen LogP contribution is 2.21. The summed E-state index contributed by atoms with van der Waals surface area (Å²) < 4.78 is 6.43. The van der Waals surface area contributed by atoms with Crippen LogP contribution in [-0.2, 0) is 9.53 Å². The molecule has 2 atom stereocenters. The largest absolute Gasteiger partial charge is 0.479 e. The van der Waals surface area contributed by atoms with Gasteiger partial charge in [-0.2, -0.15) is 0 Å². The molecule has 1 aromatic carbocycles. The fraction of sp³-hybridized carbons (Fsp3) is 0.417. The molecule has 1 aliphatic rings. The molecule has 5 heteroatoms. The second-order valence-corrected chi connectivity index (χ2v) is 4.97. The Morgan fingerprint density at radius 3 is 2.71 bits per heavy atom. The second kappa shape index (κ2) is 5.51. The van der Waals surface area contributed by atoms with Crippen molar-refractivity contribution in [1.82, 2.24) is 0 Å². The number of aliphatic carboxylic acids is 1. The highest BCUT2D eigenvalue weighted by atomic mass is 79.9. The van der Waals surface area contributed by atoms with Gasteiger partial charge in [-0.25, -0.2) is 4.79 Å².